The van der Waals surface area contributed by atoms with E-state index in [4.69, 9.17) is 0 Å². The molecule has 0 spiro atoms. The summed E-state index contributed by atoms with van der Waals surface area (Å²) in [5.41, 5.74) is -0.377. The second-order valence-electron chi connectivity index (χ2n) is 2.25. The van der Waals surface area contributed by atoms with Gasteiger partial charge in [-0.3, -0.25) is 0 Å². The highest BCUT2D eigenvalue weighted by Crippen LogP contribution is 2.16. The molecule has 0 fully saturated rings. The first-order chi connectivity index (χ1) is 6.66. The van der Waals surface area contributed by atoms with Crippen LogP contribution in [0.25, 0.3) is 0 Å². The van der Waals surface area contributed by atoms with Crippen molar-refractivity contribution in [1.29, 1.82) is 0 Å². The highest BCUT2D eigenvalue weighted by molar-refractivity contribution is 5.20. The Morgan fingerprint density at radius 1 is 1.07 bits per heavy atom. The highest BCUT2D eigenvalue weighted by atomic mass is 19.2. The van der Waals surface area contributed by atoms with Crippen LogP contribution >= 0.6 is 0 Å². The minimum absolute atomic E-state index is 0.268. The number of methoxy groups -OCH3 is 1. The number of hydrogen-bond donors (Lipinski definition) is 0. The number of halogens is 3. The Kier molecular flexibility index (Phi) is 5.95. The van der Waals surface area contributed by atoms with E-state index < -0.39 is 17.5 Å². The summed E-state index contributed by atoms with van der Waals surface area (Å²) in [6.45, 7) is 3.73. The molecule has 0 atom stereocenters. The van der Waals surface area contributed by atoms with E-state index in [1.54, 1.807) is 0 Å². The Bertz CT molecular complexity index is 287. The second-order valence-corrected chi connectivity index (χ2v) is 2.25. The molecule has 0 unspecified atom stereocenters. The molecule has 80 valence electrons. The van der Waals surface area contributed by atoms with Crippen molar-refractivity contribution in [3.8, 4) is 0 Å². The fourth-order valence-electron chi connectivity index (χ4n) is 0.846. The number of ether oxygens (including phenoxy) is 1. The summed E-state index contributed by atoms with van der Waals surface area (Å²) in [5.74, 6) is -3.05. The lowest BCUT2D eigenvalue weighted by atomic mass is 10.2. The summed E-state index contributed by atoms with van der Waals surface area (Å²) < 4.78 is 42.5. The van der Waals surface area contributed by atoms with E-state index in [2.05, 4.69) is 4.74 Å². The standard InChI is InChI=1S/C8H7F3O.C2H6/c1-12-4-5-6(9)2-3-7(10)8(5)11;1-2/h2-3H,4H2,1H3;1-2H3. The molecule has 0 aliphatic heterocycles. The molecule has 1 aromatic rings. The van der Waals surface area contributed by atoms with Gasteiger partial charge in [-0.25, -0.2) is 13.2 Å². The smallest absolute Gasteiger partial charge is 0.167 e. The molecular weight excluding hydrogens is 193 g/mol. The molecule has 14 heavy (non-hydrogen) atoms. The molecule has 0 aromatic heterocycles. The molecule has 1 nitrogen and oxygen atoms in total. The first kappa shape index (κ1) is 13.0. The Labute approximate surface area is 81.5 Å². The molecule has 1 rings (SSSR count). The van der Waals surface area contributed by atoms with E-state index in [1.807, 2.05) is 13.8 Å². The van der Waals surface area contributed by atoms with E-state index in [0.717, 1.165) is 12.1 Å². The van der Waals surface area contributed by atoms with Crippen LogP contribution in [0, 0.1) is 17.5 Å². The monoisotopic (exact) mass is 206 g/mol. The summed E-state index contributed by atoms with van der Waals surface area (Å²) in [6, 6.07) is 1.61. The maximum atomic E-state index is 12.8. The average Bonchev–Trinajstić information content (AvgIpc) is 2.22. The van der Waals surface area contributed by atoms with Crippen molar-refractivity contribution in [2.45, 2.75) is 20.5 Å². The van der Waals surface area contributed by atoms with Crippen LogP contribution in [0.5, 0.6) is 0 Å². The minimum atomic E-state index is -1.18. The molecule has 0 aliphatic carbocycles. The van der Waals surface area contributed by atoms with Gasteiger partial charge >= 0.3 is 0 Å². The van der Waals surface area contributed by atoms with Crippen LogP contribution in [0.3, 0.4) is 0 Å². The molecule has 0 saturated carbocycles. The van der Waals surface area contributed by atoms with Gasteiger partial charge in [0, 0.05) is 7.11 Å². The maximum Gasteiger partial charge on any atom is 0.167 e. The third kappa shape index (κ3) is 3.03. The Hall–Kier alpha value is -1.03. The zero-order valence-corrected chi connectivity index (χ0v) is 8.40. The SMILES string of the molecule is CC.COCc1c(F)ccc(F)c1F. The lowest BCUT2D eigenvalue weighted by Gasteiger charge is -2.03. The van der Waals surface area contributed by atoms with Crippen molar-refractivity contribution in [2.75, 3.05) is 7.11 Å². The topological polar surface area (TPSA) is 9.23 Å². The van der Waals surface area contributed by atoms with Gasteiger partial charge < -0.3 is 4.74 Å². The third-order valence-electron chi connectivity index (χ3n) is 1.43. The van der Waals surface area contributed by atoms with Gasteiger partial charge in [-0.2, -0.15) is 0 Å². The molecule has 1 aromatic carbocycles. The van der Waals surface area contributed by atoms with Gasteiger partial charge in [0.25, 0.3) is 0 Å². The van der Waals surface area contributed by atoms with Crippen molar-refractivity contribution in [3.63, 3.8) is 0 Å². The Morgan fingerprint density at radius 2 is 1.57 bits per heavy atom. The van der Waals surface area contributed by atoms with Gasteiger partial charge in [-0.1, -0.05) is 13.8 Å². The van der Waals surface area contributed by atoms with E-state index in [9.17, 15) is 13.2 Å². The second kappa shape index (κ2) is 6.43. The predicted molar refractivity (Wildman–Crippen MR) is 48.4 cm³/mol. The highest BCUT2D eigenvalue weighted by Gasteiger charge is 2.12. The first-order valence-electron chi connectivity index (χ1n) is 4.28. The van der Waals surface area contributed by atoms with Gasteiger partial charge in [-0.05, 0) is 12.1 Å². The fraction of sp³-hybridized carbons (Fsp3) is 0.400. The van der Waals surface area contributed by atoms with E-state index in [0.29, 0.717) is 0 Å². The van der Waals surface area contributed by atoms with E-state index in [1.165, 1.54) is 7.11 Å². The lowest BCUT2D eigenvalue weighted by Crippen LogP contribution is -1.99. The van der Waals surface area contributed by atoms with Crippen molar-refractivity contribution in [2.24, 2.45) is 0 Å². The average molecular weight is 206 g/mol. The van der Waals surface area contributed by atoms with E-state index >= 15 is 0 Å². The molecule has 0 heterocycles. The Morgan fingerprint density at radius 3 is 2.07 bits per heavy atom. The number of hydrogen-bond acceptors (Lipinski definition) is 1. The van der Waals surface area contributed by atoms with Crippen molar-refractivity contribution in [1.82, 2.24) is 0 Å². The van der Waals surface area contributed by atoms with Crippen molar-refractivity contribution >= 4 is 0 Å². The zero-order chi connectivity index (χ0) is 11.1. The minimum Gasteiger partial charge on any atom is -0.380 e. The molecule has 0 radical (unpaired) electrons. The van der Waals surface area contributed by atoms with Crippen molar-refractivity contribution in [3.05, 3.63) is 35.1 Å². The van der Waals surface area contributed by atoms with Gasteiger partial charge in [-0.15, -0.1) is 0 Å². The molecule has 0 N–H and O–H groups in total. The maximum absolute atomic E-state index is 12.8. The largest absolute Gasteiger partial charge is 0.380 e. The zero-order valence-electron chi connectivity index (χ0n) is 8.40. The number of rotatable bonds is 2. The van der Waals surface area contributed by atoms with Gasteiger partial charge in [0.2, 0.25) is 0 Å². The van der Waals surface area contributed by atoms with Crippen LogP contribution in [0.4, 0.5) is 13.2 Å². The summed E-state index contributed by atoms with van der Waals surface area (Å²) in [7, 11) is 1.28. The summed E-state index contributed by atoms with van der Waals surface area (Å²) in [5, 5.41) is 0. The summed E-state index contributed by atoms with van der Waals surface area (Å²) >= 11 is 0. The van der Waals surface area contributed by atoms with Crippen LogP contribution in [-0.2, 0) is 11.3 Å². The molecule has 0 amide bonds. The molecule has 0 bridgehead atoms. The van der Waals surface area contributed by atoms with Crippen molar-refractivity contribution < 1.29 is 17.9 Å². The van der Waals surface area contributed by atoms with Gasteiger partial charge in [0.15, 0.2) is 11.6 Å². The normalized spacial score (nSPS) is 9.29. The molecule has 4 heteroatoms. The third-order valence-corrected chi connectivity index (χ3v) is 1.43. The van der Waals surface area contributed by atoms with Crippen LogP contribution in [0.15, 0.2) is 12.1 Å². The van der Waals surface area contributed by atoms with Crippen LogP contribution in [0.1, 0.15) is 19.4 Å². The van der Waals surface area contributed by atoms with E-state index in [-0.39, 0.29) is 12.2 Å². The predicted octanol–water partition coefficient (Wildman–Crippen LogP) is 3.28. The fourth-order valence-corrected chi connectivity index (χ4v) is 0.846. The molecule has 0 saturated heterocycles. The van der Waals surface area contributed by atoms with Gasteiger partial charge in [0.05, 0.1) is 12.2 Å². The first-order valence-corrected chi connectivity index (χ1v) is 4.28. The number of benzene rings is 1. The quantitative estimate of drug-likeness (QED) is 0.675. The van der Waals surface area contributed by atoms with Gasteiger partial charge in [0.1, 0.15) is 5.82 Å². The Balaban J connectivity index is 0.000000791. The van der Waals surface area contributed by atoms with Crippen LogP contribution in [-0.4, -0.2) is 7.11 Å². The van der Waals surface area contributed by atoms with Crippen LogP contribution in [0.2, 0.25) is 0 Å². The summed E-state index contributed by atoms with van der Waals surface area (Å²) in [4.78, 5) is 0. The molecule has 0 aliphatic rings. The van der Waals surface area contributed by atoms with Crippen LogP contribution < -0.4 is 0 Å². The summed E-state index contributed by atoms with van der Waals surface area (Å²) in [6.07, 6.45) is 0. The molecular formula is C10H13F3O. The lowest BCUT2D eigenvalue weighted by molar-refractivity contribution is 0.176.